The second-order valence-corrected chi connectivity index (χ2v) is 3.59. The summed E-state index contributed by atoms with van der Waals surface area (Å²) in [5.74, 6) is 0.971. The Kier molecular flexibility index (Phi) is 2.70. The van der Waals surface area contributed by atoms with Crippen molar-refractivity contribution in [2.24, 2.45) is 0 Å². The first kappa shape index (κ1) is 9.49. The Bertz CT molecular complexity index is 315. The van der Waals surface area contributed by atoms with Gasteiger partial charge in [-0.15, -0.1) is 5.48 Å². The van der Waals surface area contributed by atoms with Gasteiger partial charge in [-0.2, -0.15) is 0 Å². The number of hydroxylamine groups is 1. The monoisotopic (exact) mass is 192 g/mol. The van der Waals surface area contributed by atoms with Crippen molar-refractivity contribution in [2.45, 2.75) is 26.4 Å². The Balaban J connectivity index is 2.21. The van der Waals surface area contributed by atoms with E-state index in [4.69, 9.17) is 4.84 Å². The van der Waals surface area contributed by atoms with E-state index >= 15 is 0 Å². The van der Waals surface area contributed by atoms with E-state index in [9.17, 15) is 0 Å². The van der Waals surface area contributed by atoms with Crippen molar-refractivity contribution in [3.63, 3.8) is 0 Å². The maximum Gasteiger partial charge on any atom is 0.150 e. The van der Waals surface area contributed by atoms with Crippen LogP contribution in [0.4, 0.5) is 0 Å². The maximum absolute atomic E-state index is 5.42. The lowest BCUT2D eigenvalue weighted by molar-refractivity contribution is 0.115. The summed E-state index contributed by atoms with van der Waals surface area (Å²) in [6.07, 6.45) is 7.50. The van der Waals surface area contributed by atoms with Gasteiger partial charge in [-0.3, -0.25) is 5.32 Å². The first-order valence-electron chi connectivity index (χ1n) is 5.05. The van der Waals surface area contributed by atoms with E-state index in [0.29, 0.717) is 0 Å². The van der Waals surface area contributed by atoms with Gasteiger partial charge in [-0.25, -0.2) is 0 Å². The number of allylic oxidation sites excluding steroid dienone is 4. The van der Waals surface area contributed by atoms with Crippen LogP contribution >= 0.6 is 0 Å². The standard InChI is InChI=1S/C11H16N2O/c1-3-12-11-9-6-4-5-8(2)7-10(9)14-13-11/h4-5,7,11-13H,3,6H2,1-2H3. The third-order valence-electron chi connectivity index (χ3n) is 2.44. The van der Waals surface area contributed by atoms with Crippen molar-refractivity contribution < 1.29 is 4.84 Å². The molecule has 2 rings (SSSR count). The molecule has 2 N–H and O–H groups in total. The zero-order chi connectivity index (χ0) is 9.97. The number of hydrogen-bond acceptors (Lipinski definition) is 3. The second kappa shape index (κ2) is 3.98. The van der Waals surface area contributed by atoms with Gasteiger partial charge in [-0.1, -0.05) is 19.1 Å². The largest absolute Gasteiger partial charge is 0.407 e. The fraction of sp³-hybridized carbons (Fsp3) is 0.455. The molecule has 0 radical (unpaired) electrons. The van der Waals surface area contributed by atoms with Crippen molar-refractivity contribution >= 4 is 0 Å². The summed E-state index contributed by atoms with van der Waals surface area (Å²) >= 11 is 0. The number of nitrogens with one attached hydrogen (secondary N) is 2. The van der Waals surface area contributed by atoms with Gasteiger partial charge in [0, 0.05) is 5.57 Å². The van der Waals surface area contributed by atoms with Crippen LogP contribution in [0.25, 0.3) is 0 Å². The minimum absolute atomic E-state index is 0.168. The molecule has 1 aliphatic heterocycles. The van der Waals surface area contributed by atoms with Gasteiger partial charge in [0.1, 0.15) is 11.9 Å². The molecular weight excluding hydrogens is 176 g/mol. The van der Waals surface area contributed by atoms with Gasteiger partial charge in [0.2, 0.25) is 0 Å². The van der Waals surface area contributed by atoms with E-state index in [2.05, 4.69) is 42.9 Å². The molecule has 0 fully saturated rings. The van der Waals surface area contributed by atoms with Crippen LogP contribution in [0, 0.1) is 0 Å². The highest BCUT2D eigenvalue weighted by molar-refractivity contribution is 5.37. The molecule has 1 aliphatic carbocycles. The van der Waals surface area contributed by atoms with Gasteiger partial charge in [0.25, 0.3) is 0 Å². The topological polar surface area (TPSA) is 33.3 Å². The van der Waals surface area contributed by atoms with Crippen molar-refractivity contribution in [1.29, 1.82) is 0 Å². The highest BCUT2D eigenvalue weighted by Crippen LogP contribution is 2.24. The molecule has 0 saturated carbocycles. The fourth-order valence-corrected chi connectivity index (χ4v) is 1.74. The lowest BCUT2D eigenvalue weighted by Crippen LogP contribution is -2.39. The summed E-state index contributed by atoms with van der Waals surface area (Å²) in [6, 6.07) is 0. The summed E-state index contributed by atoms with van der Waals surface area (Å²) in [5.41, 5.74) is 5.51. The van der Waals surface area contributed by atoms with Gasteiger partial charge < -0.3 is 4.84 Å². The van der Waals surface area contributed by atoms with Crippen LogP contribution in [0.2, 0.25) is 0 Å². The van der Waals surface area contributed by atoms with E-state index < -0.39 is 0 Å². The zero-order valence-corrected chi connectivity index (χ0v) is 8.63. The molecule has 3 heteroatoms. The summed E-state index contributed by atoms with van der Waals surface area (Å²) in [5, 5.41) is 3.33. The Hall–Kier alpha value is -1.06. The van der Waals surface area contributed by atoms with Crippen molar-refractivity contribution in [1.82, 2.24) is 10.8 Å². The third-order valence-corrected chi connectivity index (χ3v) is 2.44. The first-order valence-corrected chi connectivity index (χ1v) is 5.05. The number of hydrogen-bond donors (Lipinski definition) is 2. The van der Waals surface area contributed by atoms with Crippen LogP contribution in [0.15, 0.2) is 35.1 Å². The molecule has 1 unspecified atom stereocenters. The van der Waals surface area contributed by atoms with Gasteiger partial charge in [-0.05, 0) is 31.5 Å². The maximum atomic E-state index is 5.42. The molecular formula is C11H16N2O. The first-order chi connectivity index (χ1) is 6.81. The molecule has 14 heavy (non-hydrogen) atoms. The lowest BCUT2D eigenvalue weighted by atomic mass is 10.1. The van der Waals surface area contributed by atoms with Crippen LogP contribution in [-0.2, 0) is 4.84 Å². The van der Waals surface area contributed by atoms with Crippen LogP contribution in [0.1, 0.15) is 20.3 Å². The molecule has 0 saturated heterocycles. The predicted molar refractivity (Wildman–Crippen MR) is 56.2 cm³/mol. The summed E-state index contributed by atoms with van der Waals surface area (Å²) in [7, 11) is 0. The molecule has 0 aromatic carbocycles. The molecule has 0 amide bonds. The highest BCUT2D eigenvalue weighted by Gasteiger charge is 2.24. The van der Waals surface area contributed by atoms with Gasteiger partial charge in [0.15, 0.2) is 0 Å². The molecule has 2 aliphatic rings. The summed E-state index contributed by atoms with van der Waals surface area (Å²) < 4.78 is 0. The van der Waals surface area contributed by atoms with E-state index in [0.717, 1.165) is 18.7 Å². The normalized spacial score (nSPS) is 25.6. The fourth-order valence-electron chi connectivity index (χ4n) is 1.74. The van der Waals surface area contributed by atoms with Crippen molar-refractivity contribution in [2.75, 3.05) is 6.54 Å². The van der Waals surface area contributed by atoms with Crippen LogP contribution in [0.5, 0.6) is 0 Å². The van der Waals surface area contributed by atoms with Crippen LogP contribution < -0.4 is 10.8 Å². The summed E-state index contributed by atoms with van der Waals surface area (Å²) in [4.78, 5) is 5.42. The van der Waals surface area contributed by atoms with E-state index in [1.165, 1.54) is 11.1 Å². The Morgan fingerprint density at radius 2 is 2.50 bits per heavy atom. The smallest absolute Gasteiger partial charge is 0.150 e. The van der Waals surface area contributed by atoms with E-state index in [1.54, 1.807) is 0 Å². The van der Waals surface area contributed by atoms with E-state index in [1.807, 2.05) is 0 Å². The molecule has 0 spiro atoms. The van der Waals surface area contributed by atoms with Gasteiger partial charge >= 0.3 is 0 Å². The molecule has 3 nitrogen and oxygen atoms in total. The van der Waals surface area contributed by atoms with Crippen molar-refractivity contribution in [3.8, 4) is 0 Å². The molecule has 1 heterocycles. The highest BCUT2D eigenvalue weighted by atomic mass is 16.7. The van der Waals surface area contributed by atoms with Gasteiger partial charge in [0.05, 0.1) is 0 Å². The minimum atomic E-state index is 0.168. The molecule has 0 aromatic heterocycles. The molecule has 76 valence electrons. The SMILES string of the molecule is CCNC1NOC2=C1CC=CC(C)=C2. The Morgan fingerprint density at radius 1 is 1.64 bits per heavy atom. The number of likely N-dealkylation sites (N-methyl/N-ethyl adjacent to an activating group) is 1. The lowest BCUT2D eigenvalue weighted by Gasteiger charge is -2.11. The molecule has 0 aromatic rings. The molecule has 1 atom stereocenters. The second-order valence-electron chi connectivity index (χ2n) is 3.59. The molecule has 0 bridgehead atoms. The van der Waals surface area contributed by atoms with E-state index in [-0.39, 0.29) is 6.17 Å². The quantitative estimate of drug-likeness (QED) is 0.697. The number of rotatable bonds is 2. The van der Waals surface area contributed by atoms with Crippen LogP contribution in [0.3, 0.4) is 0 Å². The van der Waals surface area contributed by atoms with Crippen LogP contribution in [-0.4, -0.2) is 12.7 Å². The third kappa shape index (κ3) is 1.74. The average Bonchev–Trinajstić information content (AvgIpc) is 2.43. The average molecular weight is 192 g/mol. The minimum Gasteiger partial charge on any atom is -0.407 e. The van der Waals surface area contributed by atoms with Crippen molar-refractivity contribution in [3.05, 3.63) is 35.1 Å². The summed E-state index contributed by atoms with van der Waals surface area (Å²) in [6.45, 7) is 5.11. The predicted octanol–water partition coefficient (Wildman–Crippen LogP) is 1.62. The Morgan fingerprint density at radius 3 is 3.29 bits per heavy atom. The zero-order valence-electron chi connectivity index (χ0n) is 8.63. The Labute approximate surface area is 84.5 Å².